The third kappa shape index (κ3) is 4.48. The fourth-order valence-electron chi connectivity index (χ4n) is 5.70. The van der Waals surface area contributed by atoms with E-state index in [-0.39, 0.29) is 24.1 Å². The first-order valence-electron chi connectivity index (χ1n) is 12.9. The predicted octanol–water partition coefficient (Wildman–Crippen LogP) is 6.25. The molecule has 0 spiro atoms. The van der Waals surface area contributed by atoms with E-state index in [1.807, 2.05) is 65.6 Å². The van der Waals surface area contributed by atoms with E-state index in [1.165, 1.54) is 10.4 Å². The highest BCUT2D eigenvalue weighted by molar-refractivity contribution is 7.10. The molecular formula is C29H32N4O2S. The van der Waals surface area contributed by atoms with Crippen molar-refractivity contribution in [3.63, 3.8) is 0 Å². The molecule has 6 nitrogen and oxygen atoms in total. The van der Waals surface area contributed by atoms with Crippen molar-refractivity contribution in [3.05, 3.63) is 82.6 Å². The van der Waals surface area contributed by atoms with Crippen LogP contribution in [0, 0.1) is 6.92 Å². The molecule has 1 saturated carbocycles. The monoisotopic (exact) mass is 500 g/mol. The molecular weight excluding hydrogens is 468 g/mol. The van der Waals surface area contributed by atoms with E-state index in [2.05, 4.69) is 28.2 Å². The summed E-state index contributed by atoms with van der Waals surface area (Å²) in [7, 11) is 0. The second kappa shape index (κ2) is 9.62. The lowest BCUT2D eigenvalue weighted by Gasteiger charge is -2.44. The Hall–Kier alpha value is -3.32. The van der Waals surface area contributed by atoms with Crippen molar-refractivity contribution in [2.24, 2.45) is 0 Å². The lowest BCUT2D eigenvalue weighted by atomic mass is 10.2. The summed E-state index contributed by atoms with van der Waals surface area (Å²) in [5, 5.41) is 2.17. The van der Waals surface area contributed by atoms with Crippen molar-refractivity contribution < 1.29 is 9.59 Å². The molecule has 3 aromatic rings. The Kier molecular flexibility index (Phi) is 6.17. The Morgan fingerprint density at radius 2 is 1.44 bits per heavy atom. The highest BCUT2D eigenvalue weighted by Gasteiger charge is 2.47. The fraction of sp³-hybridized carbons (Fsp3) is 0.379. The van der Waals surface area contributed by atoms with Crippen LogP contribution >= 0.6 is 11.3 Å². The van der Waals surface area contributed by atoms with Crippen molar-refractivity contribution in [3.8, 4) is 0 Å². The number of likely N-dealkylation sites (tertiary alicyclic amines) is 1. The number of hydrogen-bond donors (Lipinski definition) is 0. The summed E-state index contributed by atoms with van der Waals surface area (Å²) in [6.07, 6.45) is 4.08. The Morgan fingerprint density at radius 1 is 0.861 bits per heavy atom. The molecule has 3 aliphatic rings. The van der Waals surface area contributed by atoms with E-state index in [4.69, 9.17) is 0 Å². The number of fused-ring (bicyclic) bond motifs is 2. The Morgan fingerprint density at radius 3 is 1.94 bits per heavy atom. The maximum absolute atomic E-state index is 13.9. The molecule has 36 heavy (non-hydrogen) atoms. The van der Waals surface area contributed by atoms with Crippen LogP contribution in [0.15, 0.2) is 72.1 Å². The number of urea groups is 2. The maximum Gasteiger partial charge on any atom is 0.329 e. The highest BCUT2D eigenvalue weighted by Crippen LogP contribution is 2.37. The van der Waals surface area contributed by atoms with Crippen molar-refractivity contribution in [2.45, 2.75) is 57.3 Å². The molecule has 2 bridgehead atoms. The molecule has 1 aromatic heterocycles. The standard InChI is InChI=1S/C29H32N4O2S/c1-21-16-22(20-36-21)17-31(23-12-13-23)29(35)33-26-14-15-27(33)19-30(18-26)28(34)32(24-8-4-2-5-9-24)25-10-6-3-7-11-25/h2-11,16,20,23,26-27H,12-15,17-19H2,1H3/t26-,27+. The molecule has 0 unspecified atom stereocenters. The summed E-state index contributed by atoms with van der Waals surface area (Å²) in [5.41, 5.74) is 2.93. The van der Waals surface area contributed by atoms with Crippen LogP contribution in [0.25, 0.3) is 0 Å². The molecule has 0 radical (unpaired) electrons. The van der Waals surface area contributed by atoms with E-state index in [0.717, 1.165) is 37.1 Å². The number of hydrogen-bond acceptors (Lipinski definition) is 3. The summed E-state index contributed by atoms with van der Waals surface area (Å²) in [5.74, 6) is 0. The Labute approximate surface area is 216 Å². The minimum absolute atomic E-state index is 0.0239. The molecule has 2 atom stereocenters. The first-order valence-corrected chi connectivity index (χ1v) is 13.8. The van der Waals surface area contributed by atoms with Gasteiger partial charge in [-0.25, -0.2) is 9.59 Å². The van der Waals surface area contributed by atoms with E-state index in [9.17, 15) is 9.59 Å². The highest BCUT2D eigenvalue weighted by atomic mass is 32.1. The average molecular weight is 501 g/mol. The molecule has 4 amide bonds. The van der Waals surface area contributed by atoms with Gasteiger partial charge >= 0.3 is 12.1 Å². The van der Waals surface area contributed by atoms with Crippen LogP contribution in [-0.2, 0) is 6.54 Å². The van der Waals surface area contributed by atoms with Crippen LogP contribution in [0.1, 0.15) is 36.1 Å². The van der Waals surface area contributed by atoms with E-state index < -0.39 is 0 Å². The number of aryl methyl sites for hydroxylation is 1. The van der Waals surface area contributed by atoms with E-state index in [1.54, 1.807) is 16.2 Å². The van der Waals surface area contributed by atoms with Gasteiger partial charge in [-0.05, 0) is 73.9 Å². The fourth-order valence-corrected chi connectivity index (χ4v) is 6.40. The number of para-hydroxylation sites is 2. The Bertz CT molecular complexity index is 1170. The largest absolute Gasteiger partial charge is 0.329 e. The molecule has 186 valence electrons. The Balaban J connectivity index is 1.21. The quantitative estimate of drug-likeness (QED) is 0.416. The van der Waals surface area contributed by atoms with Gasteiger partial charge in [0.2, 0.25) is 0 Å². The number of nitrogens with zero attached hydrogens (tertiary/aromatic N) is 4. The second-order valence-corrected chi connectivity index (χ2v) is 11.3. The van der Waals surface area contributed by atoms with Crippen LogP contribution in [0.5, 0.6) is 0 Å². The van der Waals surface area contributed by atoms with Gasteiger partial charge in [0.15, 0.2) is 0 Å². The number of rotatable bonds is 5. The third-order valence-electron chi connectivity index (χ3n) is 7.56. The zero-order chi connectivity index (χ0) is 24.6. The van der Waals surface area contributed by atoms with Crippen LogP contribution in [0.2, 0.25) is 0 Å². The predicted molar refractivity (Wildman–Crippen MR) is 144 cm³/mol. The van der Waals surface area contributed by atoms with Crippen LogP contribution in [-0.4, -0.2) is 58.0 Å². The number of anilines is 2. The van der Waals surface area contributed by atoms with Gasteiger partial charge in [-0.3, -0.25) is 4.90 Å². The zero-order valence-electron chi connectivity index (χ0n) is 20.6. The van der Waals surface area contributed by atoms with Crippen molar-refractivity contribution in [1.29, 1.82) is 0 Å². The molecule has 2 aromatic carbocycles. The summed E-state index contributed by atoms with van der Waals surface area (Å²) >= 11 is 1.74. The average Bonchev–Trinajstić information content (AvgIpc) is 3.61. The van der Waals surface area contributed by atoms with Gasteiger partial charge in [0.05, 0.1) is 23.5 Å². The summed E-state index contributed by atoms with van der Waals surface area (Å²) in [4.78, 5) is 37.0. The minimum Gasteiger partial charge on any atom is -0.320 e. The molecule has 0 N–H and O–H groups in total. The van der Waals surface area contributed by atoms with Gasteiger partial charge in [0.25, 0.3) is 0 Å². The molecule has 2 aliphatic heterocycles. The van der Waals surface area contributed by atoms with Crippen molar-refractivity contribution in [2.75, 3.05) is 18.0 Å². The topological polar surface area (TPSA) is 47.1 Å². The zero-order valence-corrected chi connectivity index (χ0v) is 21.4. The van der Waals surface area contributed by atoms with E-state index in [0.29, 0.717) is 25.7 Å². The van der Waals surface area contributed by atoms with Crippen LogP contribution < -0.4 is 4.90 Å². The number of piperazine rings is 1. The van der Waals surface area contributed by atoms with Gasteiger partial charge in [0, 0.05) is 30.6 Å². The molecule has 7 heteroatoms. The molecule has 2 saturated heterocycles. The molecule has 3 fully saturated rings. The normalized spacial score (nSPS) is 20.9. The first-order chi connectivity index (χ1) is 17.6. The van der Waals surface area contributed by atoms with Crippen molar-refractivity contribution >= 4 is 34.8 Å². The smallest absolute Gasteiger partial charge is 0.320 e. The van der Waals surface area contributed by atoms with Gasteiger partial charge in [-0.15, -0.1) is 11.3 Å². The number of amides is 4. The van der Waals surface area contributed by atoms with Crippen molar-refractivity contribution in [1.82, 2.24) is 14.7 Å². The van der Waals surface area contributed by atoms with Gasteiger partial charge in [0.1, 0.15) is 0 Å². The van der Waals surface area contributed by atoms with Crippen LogP contribution in [0.4, 0.5) is 21.0 Å². The first kappa shape index (κ1) is 23.1. The summed E-state index contributed by atoms with van der Waals surface area (Å²) < 4.78 is 0. The third-order valence-corrected chi connectivity index (χ3v) is 8.47. The SMILES string of the molecule is Cc1cc(CN(C(=O)N2[C@@H]3CC[C@H]2CN(C(=O)N(c2ccccc2)c2ccccc2)C3)C2CC2)cs1. The molecule has 3 heterocycles. The summed E-state index contributed by atoms with van der Waals surface area (Å²) in [6.45, 7) is 3.95. The second-order valence-electron chi connectivity index (χ2n) is 10.2. The minimum atomic E-state index is -0.0239. The van der Waals surface area contributed by atoms with Crippen LogP contribution in [0.3, 0.4) is 0 Å². The van der Waals surface area contributed by atoms with Gasteiger partial charge in [-0.1, -0.05) is 36.4 Å². The van der Waals surface area contributed by atoms with E-state index >= 15 is 0 Å². The molecule has 6 rings (SSSR count). The lowest BCUT2D eigenvalue weighted by Crippen LogP contribution is -2.61. The number of benzene rings is 2. The molecule has 1 aliphatic carbocycles. The number of carbonyl (C=O) groups excluding carboxylic acids is 2. The van der Waals surface area contributed by atoms with Gasteiger partial charge in [-0.2, -0.15) is 0 Å². The number of thiophene rings is 1. The van der Waals surface area contributed by atoms with Gasteiger partial charge < -0.3 is 14.7 Å². The number of carbonyl (C=O) groups is 2. The summed E-state index contributed by atoms with van der Waals surface area (Å²) in [6, 6.07) is 22.5. The maximum atomic E-state index is 13.9. The lowest BCUT2D eigenvalue weighted by molar-refractivity contribution is 0.0790.